The Bertz CT molecular complexity index is 586. The Morgan fingerprint density at radius 1 is 1.50 bits per heavy atom. The summed E-state index contributed by atoms with van der Waals surface area (Å²) in [4.78, 5) is 14.3. The number of ether oxygens (including phenoxy) is 1. The summed E-state index contributed by atoms with van der Waals surface area (Å²) in [5.74, 6) is 5.60. The monoisotopic (exact) mass is 303 g/mol. The number of rotatable bonds is 3. The molecule has 22 heavy (non-hydrogen) atoms. The molecule has 0 bridgehead atoms. The highest BCUT2D eigenvalue weighted by atomic mass is 16.6. The van der Waals surface area contributed by atoms with Gasteiger partial charge in [0.2, 0.25) is 0 Å². The summed E-state index contributed by atoms with van der Waals surface area (Å²) in [7, 11) is 1.41. The fourth-order valence-corrected chi connectivity index (χ4v) is 2.34. The highest BCUT2D eigenvalue weighted by Crippen LogP contribution is 2.20. The molecule has 1 aromatic rings. The zero-order valence-electron chi connectivity index (χ0n) is 12.6. The maximum Gasteiger partial charge on any atom is 0.253 e. The minimum Gasteiger partial charge on any atom is -0.364 e. The van der Waals surface area contributed by atoms with Crippen LogP contribution < -0.4 is 11.1 Å². The highest BCUT2D eigenvalue weighted by Gasteiger charge is 2.20. The lowest BCUT2D eigenvalue weighted by Crippen LogP contribution is -2.46. The van der Waals surface area contributed by atoms with Crippen LogP contribution in [0.5, 0.6) is 0 Å². The summed E-state index contributed by atoms with van der Waals surface area (Å²) in [5, 5.41) is 13.1. The van der Waals surface area contributed by atoms with Crippen molar-refractivity contribution in [3.63, 3.8) is 0 Å². The number of nitrogens with zero attached hydrogens (tertiary/aromatic N) is 1. The summed E-state index contributed by atoms with van der Waals surface area (Å²) in [6, 6.07) is 5.05. The van der Waals surface area contributed by atoms with Gasteiger partial charge in [-0.15, -0.1) is 0 Å². The van der Waals surface area contributed by atoms with E-state index in [1.165, 1.54) is 7.11 Å². The van der Waals surface area contributed by atoms with Crippen LogP contribution in [0.2, 0.25) is 0 Å². The quantitative estimate of drug-likeness (QED) is 0.526. The van der Waals surface area contributed by atoms with Gasteiger partial charge in [-0.3, -0.25) is 4.79 Å². The van der Waals surface area contributed by atoms with E-state index in [1.54, 1.807) is 23.1 Å². The summed E-state index contributed by atoms with van der Waals surface area (Å²) in [5.41, 5.74) is 7.04. The Hall–Kier alpha value is -1.91. The highest BCUT2D eigenvalue weighted by molar-refractivity contribution is 5.94. The second kappa shape index (κ2) is 7.92. The fourth-order valence-electron chi connectivity index (χ4n) is 2.34. The third-order valence-corrected chi connectivity index (χ3v) is 3.52. The van der Waals surface area contributed by atoms with E-state index >= 15 is 0 Å². The van der Waals surface area contributed by atoms with E-state index in [9.17, 15) is 9.90 Å². The molecule has 1 aliphatic rings. The average molecular weight is 303 g/mol. The van der Waals surface area contributed by atoms with Crippen molar-refractivity contribution in [3.05, 3.63) is 34.9 Å². The smallest absolute Gasteiger partial charge is 0.253 e. The Morgan fingerprint density at radius 3 is 2.86 bits per heavy atom. The predicted molar refractivity (Wildman–Crippen MR) is 83.1 cm³/mol. The van der Waals surface area contributed by atoms with E-state index in [1.807, 2.05) is 0 Å². The molecule has 4 N–H and O–H groups in total. The first-order valence-electron chi connectivity index (χ1n) is 7.21. The number of hydrogen-bond acceptors (Lipinski definition) is 5. The van der Waals surface area contributed by atoms with Crippen LogP contribution in [0.1, 0.15) is 27.8 Å². The van der Waals surface area contributed by atoms with Crippen molar-refractivity contribution in [2.45, 2.75) is 6.29 Å². The van der Waals surface area contributed by atoms with Crippen molar-refractivity contribution in [1.29, 1.82) is 0 Å². The second-order valence-electron chi connectivity index (χ2n) is 4.94. The first-order chi connectivity index (χ1) is 10.7. The first-order valence-corrected chi connectivity index (χ1v) is 7.21. The molecule has 2 rings (SSSR count). The fraction of sp³-hybridized carbons (Fsp3) is 0.438. The molecule has 1 heterocycles. The Balaban J connectivity index is 2.31. The number of nitrogens with two attached hydrogens (primary N) is 1. The molecule has 1 unspecified atom stereocenters. The molecule has 1 aromatic carbocycles. The van der Waals surface area contributed by atoms with Crippen molar-refractivity contribution in [3.8, 4) is 11.8 Å². The van der Waals surface area contributed by atoms with Gasteiger partial charge in [0.15, 0.2) is 6.29 Å². The van der Waals surface area contributed by atoms with Crippen molar-refractivity contribution < 1.29 is 14.6 Å². The number of methoxy groups -OCH3 is 1. The number of amides is 1. The molecule has 0 radical (unpaired) electrons. The standard InChI is InChI=1S/C16H21N3O3/c1-22-16(21)14-5-4-13(11-12(14)3-2-6-17)15(20)19-9-7-18-8-10-19/h4-5,11,16,18,21H,6-10,17H2,1H3. The zero-order valence-corrected chi connectivity index (χ0v) is 12.6. The number of carbonyl (C=O) groups is 1. The van der Waals surface area contributed by atoms with E-state index in [4.69, 9.17) is 10.5 Å². The Labute approximate surface area is 130 Å². The minimum atomic E-state index is -1.08. The third-order valence-electron chi connectivity index (χ3n) is 3.52. The second-order valence-corrected chi connectivity index (χ2v) is 4.94. The molecule has 6 nitrogen and oxygen atoms in total. The van der Waals surface area contributed by atoms with Crippen LogP contribution in [0.15, 0.2) is 18.2 Å². The van der Waals surface area contributed by atoms with E-state index in [0.29, 0.717) is 29.8 Å². The maximum atomic E-state index is 12.5. The number of aliphatic hydroxyl groups is 1. The van der Waals surface area contributed by atoms with Crippen molar-refractivity contribution in [2.75, 3.05) is 39.8 Å². The molecule has 1 fully saturated rings. The largest absolute Gasteiger partial charge is 0.364 e. The molecule has 0 aromatic heterocycles. The topological polar surface area (TPSA) is 87.8 Å². The summed E-state index contributed by atoms with van der Waals surface area (Å²) >= 11 is 0. The molecule has 1 atom stereocenters. The zero-order chi connectivity index (χ0) is 15.9. The van der Waals surface area contributed by atoms with Crippen LogP contribution in [-0.2, 0) is 4.74 Å². The summed E-state index contributed by atoms with van der Waals surface area (Å²) in [6.07, 6.45) is -1.08. The predicted octanol–water partition coefficient (Wildman–Crippen LogP) is -0.320. The molecule has 6 heteroatoms. The molecule has 118 valence electrons. The number of piperazine rings is 1. The van der Waals surface area contributed by atoms with Gasteiger partial charge in [-0.2, -0.15) is 0 Å². The van der Waals surface area contributed by atoms with Crippen LogP contribution in [0.25, 0.3) is 0 Å². The van der Waals surface area contributed by atoms with E-state index in [0.717, 1.165) is 13.1 Å². The molecule has 0 spiro atoms. The number of nitrogens with one attached hydrogen (secondary N) is 1. The summed E-state index contributed by atoms with van der Waals surface area (Å²) < 4.78 is 4.93. The molecule has 0 aliphatic carbocycles. The summed E-state index contributed by atoms with van der Waals surface area (Å²) in [6.45, 7) is 3.17. The van der Waals surface area contributed by atoms with E-state index in [-0.39, 0.29) is 12.5 Å². The van der Waals surface area contributed by atoms with Gasteiger partial charge in [-0.1, -0.05) is 17.9 Å². The molecular weight excluding hydrogens is 282 g/mol. The Morgan fingerprint density at radius 2 is 2.23 bits per heavy atom. The Kier molecular flexibility index (Phi) is 5.92. The molecule has 0 saturated carbocycles. The lowest BCUT2D eigenvalue weighted by Gasteiger charge is -2.27. The van der Waals surface area contributed by atoms with Gasteiger partial charge in [0.1, 0.15) is 0 Å². The van der Waals surface area contributed by atoms with Gasteiger partial charge in [-0.25, -0.2) is 0 Å². The van der Waals surface area contributed by atoms with Gasteiger partial charge in [-0.05, 0) is 12.1 Å². The normalized spacial score (nSPS) is 15.9. The van der Waals surface area contributed by atoms with Gasteiger partial charge in [0, 0.05) is 50.0 Å². The minimum absolute atomic E-state index is 0.0317. The number of benzene rings is 1. The maximum absolute atomic E-state index is 12.5. The molecule has 1 aliphatic heterocycles. The number of carbonyl (C=O) groups excluding carboxylic acids is 1. The van der Waals surface area contributed by atoms with Crippen LogP contribution in [0.4, 0.5) is 0 Å². The van der Waals surface area contributed by atoms with E-state index < -0.39 is 6.29 Å². The van der Waals surface area contributed by atoms with Crippen molar-refractivity contribution in [1.82, 2.24) is 10.2 Å². The van der Waals surface area contributed by atoms with Crippen molar-refractivity contribution in [2.24, 2.45) is 5.73 Å². The number of aliphatic hydroxyl groups excluding tert-OH is 1. The van der Waals surface area contributed by atoms with Crippen molar-refractivity contribution >= 4 is 5.91 Å². The van der Waals surface area contributed by atoms with Gasteiger partial charge >= 0.3 is 0 Å². The van der Waals surface area contributed by atoms with Crippen LogP contribution >= 0.6 is 0 Å². The number of hydrogen-bond donors (Lipinski definition) is 3. The first kappa shape index (κ1) is 16.5. The third kappa shape index (κ3) is 3.84. The average Bonchev–Trinajstić information content (AvgIpc) is 2.59. The van der Waals surface area contributed by atoms with Gasteiger partial charge in [0.05, 0.1) is 6.54 Å². The van der Waals surface area contributed by atoms with E-state index in [2.05, 4.69) is 17.2 Å². The molecule has 1 amide bonds. The van der Waals surface area contributed by atoms with Crippen LogP contribution in [0, 0.1) is 11.8 Å². The van der Waals surface area contributed by atoms with Gasteiger partial charge < -0.3 is 25.8 Å². The lowest BCUT2D eigenvalue weighted by atomic mass is 10.0. The van der Waals surface area contributed by atoms with Gasteiger partial charge in [0.25, 0.3) is 5.91 Å². The molecular formula is C16H21N3O3. The van der Waals surface area contributed by atoms with Crippen LogP contribution in [0.3, 0.4) is 0 Å². The van der Waals surface area contributed by atoms with Crippen LogP contribution in [-0.4, -0.2) is 55.7 Å². The molecule has 1 saturated heterocycles. The SMILES string of the molecule is COC(O)c1ccc(C(=O)N2CCNCC2)cc1C#CCN. The lowest BCUT2D eigenvalue weighted by molar-refractivity contribution is -0.0771.